The van der Waals surface area contributed by atoms with Gasteiger partial charge in [-0.2, -0.15) is 0 Å². The van der Waals surface area contributed by atoms with Crippen molar-refractivity contribution in [2.45, 2.75) is 58.1 Å². The summed E-state index contributed by atoms with van der Waals surface area (Å²) in [6.45, 7) is 6.08. The van der Waals surface area contributed by atoms with Crippen LogP contribution in [0.1, 0.15) is 62.3 Å². The molecule has 1 amide bonds. The van der Waals surface area contributed by atoms with Crippen molar-refractivity contribution in [1.82, 2.24) is 5.32 Å². The van der Waals surface area contributed by atoms with Crippen molar-refractivity contribution in [2.24, 2.45) is 0 Å². The minimum absolute atomic E-state index is 0.0553. The molecule has 1 aliphatic rings. The molecule has 0 saturated carbocycles. The number of para-hydroxylation sites is 1. The van der Waals surface area contributed by atoms with E-state index in [1.54, 1.807) is 0 Å². The Morgan fingerprint density at radius 1 is 1.08 bits per heavy atom. The Hall–Kier alpha value is -2.29. The van der Waals surface area contributed by atoms with Gasteiger partial charge < -0.3 is 10.1 Å². The standard InChI is InChI=1S/C22H27NO2/c1-15(2)18-11-6-7-14-21(18)25-16(3)22(24)23-20-13-8-10-17-9-4-5-12-19(17)20/h4-7,9,11-12,14-16,20H,8,10,13H2,1-3H3,(H,23,24). The lowest BCUT2D eigenvalue weighted by molar-refractivity contribution is -0.128. The maximum absolute atomic E-state index is 12.7. The highest BCUT2D eigenvalue weighted by Gasteiger charge is 2.24. The fraction of sp³-hybridized carbons (Fsp3) is 0.409. The zero-order chi connectivity index (χ0) is 17.8. The molecule has 2 aromatic carbocycles. The van der Waals surface area contributed by atoms with Crippen LogP contribution in [0.15, 0.2) is 48.5 Å². The van der Waals surface area contributed by atoms with E-state index in [4.69, 9.17) is 4.74 Å². The van der Waals surface area contributed by atoms with Gasteiger partial charge in [0.05, 0.1) is 6.04 Å². The molecule has 2 unspecified atom stereocenters. The summed E-state index contributed by atoms with van der Waals surface area (Å²) >= 11 is 0. The number of benzene rings is 2. The van der Waals surface area contributed by atoms with Crippen LogP contribution < -0.4 is 10.1 Å². The molecule has 132 valence electrons. The van der Waals surface area contributed by atoms with E-state index in [0.29, 0.717) is 5.92 Å². The average Bonchev–Trinajstić information content (AvgIpc) is 2.62. The molecule has 3 nitrogen and oxygen atoms in total. The summed E-state index contributed by atoms with van der Waals surface area (Å²) in [5, 5.41) is 3.18. The van der Waals surface area contributed by atoms with E-state index in [1.165, 1.54) is 11.1 Å². The number of amides is 1. The normalized spacial score (nSPS) is 17.7. The van der Waals surface area contributed by atoms with Crippen LogP contribution in [0.4, 0.5) is 0 Å². The number of nitrogens with one attached hydrogen (secondary N) is 1. The van der Waals surface area contributed by atoms with Crippen LogP contribution in [0.3, 0.4) is 0 Å². The fourth-order valence-electron chi connectivity index (χ4n) is 3.50. The number of hydrogen-bond donors (Lipinski definition) is 1. The van der Waals surface area contributed by atoms with E-state index >= 15 is 0 Å². The molecular formula is C22H27NO2. The molecule has 3 rings (SSSR count). The zero-order valence-corrected chi connectivity index (χ0v) is 15.3. The topological polar surface area (TPSA) is 38.3 Å². The number of ether oxygens (including phenoxy) is 1. The second-order valence-electron chi connectivity index (χ2n) is 7.10. The molecule has 3 heteroatoms. The predicted molar refractivity (Wildman–Crippen MR) is 101 cm³/mol. The third-order valence-corrected chi connectivity index (χ3v) is 4.90. The van der Waals surface area contributed by atoms with Crippen LogP contribution in [0.2, 0.25) is 0 Å². The summed E-state index contributed by atoms with van der Waals surface area (Å²) in [4.78, 5) is 12.7. The Morgan fingerprint density at radius 3 is 2.60 bits per heavy atom. The minimum atomic E-state index is -0.519. The van der Waals surface area contributed by atoms with Crippen LogP contribution in [-0.2, 0) is 11.2 Å². The van der Waals surface area contributed by atoms with E-state index in [-0.39, 0.29) is 11.9 Å². The van der Waals surface area contributed by atoms with Gasteiger partial charge in [0.15, 0.2) is 6.10 Å². The van der Waals surface area contributed by atoms with E-state index in [9.17, 15) is 4.79 Å². The quantitative estimate of drug-likeness (QED) is 0.853. The van der Waals surface area contributed by atoms with E-state index in [0.717, 1.165) is 30.6 Å². The molecule has 0 heterocycles. The van der Waals surface area contributed by atoms with Gasteiger partial charge in [0, 0.05) is 0 Å². The van der Waals surface area contributed by atoms with Crippen LogP contribution >= 0.6 is 0 Å². The predicted octanol–water partition coefficient (Wildman–Crippen LogP) is 4.77. The van der Waals surface area contributed by atoms with E-state index in [1.807, 2.05) is 31.2 Å². The zero-order valence-electron chi connectivity index (χ0n) is 15.3. The molecule has 1 N–H and O–H groups in total. The number of carbonyl (C=O) groups is 1. The molecule has 0 fully saturated rings. The summed E-state index contributed by atoms with van der Waals surface area (Å²) in [6.07, 6.45) is 2.66. The molecule has 0 spiro atoms. The van der Waals surface area contributed by atoms with Crippen LogP contribution in [-0.4, -0.2) is 12.0 Å². The van der Waals surface area contributed by atoms with Gasteiger partial charge in [0.25, 0.3) is 5.91 Å². The van der Waals surface area contributed by atoms with Crippen molar-refractivity contribution >= 4 is 5.91 Å². The first-order valence-corrected chi connectivity index (χ1v) is 9.20. The molecule has 0 aromatic heterocycles. The van der Waals surface area contributed by atoms with E-state index < -0.39 is 6.10 Å². The SMILES string of the molecule is CC(Oc1ccccc1C(C)C)C(=O)NC1CCCc2ccccc21. The second kappa shape index (κ2) is 7.73. The van der Waals surface area contributed by atoms with Gasteiger partial charge in [-0.25, -0.2) is 0 Å². The van der Waals surface area contributed by atoms with Crippen molar-refractivity contribution < 1.29 is 9.53 Å². The summed E-state index contributed by atoms with van der Waals surface area (Å²) in [5.41, 5.74) is 3.72. The molecule has 2 aromatic rings. The number of rotatable bonds is 5. The molecule has 0 radical (unpaired) electrons. The van der Waals surface area contributed by atoms with Gasteiger partial charge >= 0.3 is 0 Å². The first-order valence-electron chi connectivity index (χ1n) is 9.20. The highest BCUT2D eigenvalue weighted by molar-refractivity contribution is 5.81. The van der Waals surface area contributed by atoms with Crippen LogP contribution in [0.25, 0.3) is 0 Å². The molecule has 1 aliphatic carbocycles. The molecule has 0 saturated heterocycles. The van der Waals surface area contributed by atoms with Gasteiger partial charge in [0.1, 0.15) is 5.75 Å². The maximum Gasteiger partial charge on any atom is 0.261 e. The molecule has 2 atom stereocenters. The Morgan fingerprint density at radius 2 is 1.80 bits per heavy atom. The van der Waals surface area contributed by atoms with Gasteiger partial charge in [-0.3, -0.25) is 4.79 Å². The number of carbonyl (C=O) groups excluding carboxylic acids is 1. The third-order valence-electron chi connectivity index (χ3n) is 4.90. The van der Waals surface area contributed by atoms with Crippen molar-refractivity contribution in [3.8, 4) is 5.75 Å². The fourth-order valence-corrected chi connectivity index (χ4v) is 3.50. The first kappa shape index (κ1) is 17.5. The van der Waals surface area contributed by atoms with Gasteiger partial charge in [-0.15, -0.1) is 0 Å². The van der Waals surface area contributed by atoms with Crippen LogP contribution in [0, 0.1) is 0 Å². The lowest BCUT2D eigenvalue weighted by atomic mass is 9.87. The third kappa shape index (κ3) is 4.04. The highest BCUT2D eigenvalue weighted by Crippen LogP contribution is 2.30. The van der Waals surface area contributed by atoms with Crippen molar-refractivity contribution in [1.29, 1.82) is 0 Å². The van der Waals surface area contributed by atoms with Crippen molar-refractivity contribution in [2.75, 3.05) is 0 Å². The van der Waals surface area contributed by atoms with Crippen molar-refractivity contribution in [3.05, 3.63) is 65.2 Å². The Kier molecular flexibility index (Phi) is 5.42. The summed E-state index contributed by atoms with van der Waals surface area (Å²) < 4.78 is 5.99. The Balaban J connectivity index is 1.68. The van der Waals surface area contributed by atoms with Crippen LogP contribution in [0.5, 0.6) is 5.75 Å². The number of hydrogen-bond acceptors (Lipinski definition) is 2. The second-order valence-corrected chi connectivity index (χ2v) is 7.10. The van der Waals surface area contributed by atoms with Gasteiger partial charge in [-0.05, 0) is 54.9 Å². The smallest absolute Gasteiger partial charge is 0.261 e. The summed E-state index contributed by atoms with van der Waals surface area (Å²) in [5.74, 6) is 1.10. The molecule has 0 aliphatic heterocycles. The summed E-state index contributed by atoms with van der Waals surface area (Å²) in [6, 6.07) is 16.4. The molecule has 0 bridgehead atoms. The maximum atomic E-state index is 12.7. The number of fused-ring (bicyclic) bond motifs is 1. The Bertz CT molecular complexity index is 738. The molecule has 25 heavy (non-hydrogen) atoms. The van der Waals surface area contributed by atoms with E-state index in [2.05, 4.69) is 43.4 Å². The van der Waals surface area contributed by atoms with Crippen molar-refractivity contribution in [3.63, 3.8) is 0 Å². The average molecular weight is 337 g/mol. The summed E-state index contributed by atoms with van der Waals surface area (Å²) in [7, 11) is 0. The largest absolute Gasteiger partial charge is 0.481 e. The molecular weight excluding hydrogens is 310 g/mol. The van der Waals surface area contributed by atoms with Gasteiger partial charge in [-0.1, -0.05) is 56.3 Å². The first-order chi connectivity index (χ1) is 12.1. The monoisotopic (exact) mass is 337 g/mol. The highest BCUT2D eigenvalue weighted by atomic mass is 16.5. The number of aryl methyl sites for hydroxylation is 1. The van der Waals surface area contributed by atoms with Gasteiger partial charge in [0.2, 0.25) is 0 Å². The lowest BCUT2D eigenvalue weighted by Crippen LogP contribution is -2.39. The Labute approximate surface area is 150 Å². The minimum Gasteiger partial charge on any atom is -0.481 e. The lowest BCUT2D eigenvalue weighted by Gasteiger charge is -2.28.